The highest BCUT2D eigenvalue weighted by Gasteiger charge is 2.55. The first-order valence-corrected chi connectivity index (χ1v) is 10.2. The highest BCUT2D eigenvalue weighted by atomic mass is 16.5. The molecule has 2 aromatic rings. The van der Waals surface area contributed by atoms with E-state index in [4.69, 9.17) is 18.9 Å². The van der Waals surface area contributed by atoms with Gasteiger partial charge in [0, 0.05) is 12.1 Å². The van der Waals surface area contributed by atoms with E-state index < -0.39 is 29.8 Å². The lowest BCUT2D eigenvalue weighted by molar-refractivity contribution is -0.123. The molecule has 2 unspecified atom stereocenters. The molecule has 3 amide bonds. The van der Waals surface area contributed by atoms with Gasteiger partial charge in [-0.15, -0.1) is 0 Å². The van der Waals surface area contributed by atoms with Crippen molar-refractivity contribution in [1.29, 1.82) is 0 Å². The number of carbonyl (C=O) groups excluding carboxylic acids is 3. The Balaban J connectivity index is 1.50. The molecule has 0 spiro atoms. The first-order chi connectivity index (χ1) is 16.4. The summed E-state index contributed by atoms with van der Waals surface area (Å²) < 4.78 is 20.9. The Morgan fingerprint density at radius 3 is 2.32 bits per heavy atom. The molecule has 1 fully saturated rings. The number of anilines is 2. The molecule has 2 heterocycles. The number of amides is 3. The molecule has 2 aliphatic rings. The van der Waals surface area contributed by atoms with Gasteiger partial charge < -0.3 is 24.3 Å². The van der Waals surface area contributed by atoms with Gasteiger partial charge in [0.2, 0.25) is 5.91 Å². The Kier molecular flexibility index (Phi) is 6.21. The summed E-state index contributed by atoms with van der Waals surface area (Å²) >= 11 is 0. The SMILES string of the molecule is COc1ccc(NC(=O)CN2N=NC3C(=O)N(c4ccc(OC)c(OC)c4)C(=O)C32)c(OC)c1. The van der Waals surface area contributed by atoms with Crippen LogP contribution in [0.5, 0.6) is 23.0 Å². The molecule has 34 heavy (non-hydrogen) atoms. The molecule has 0 radical (unpaired) electrons. The Morgan fingerprint density at radius 2 is 1.65 bits per heavy atom. The molecule has 0 bridgehead atoms. The van der Waals surface area contributed by atoms with Gasteiger partial charge in [-0.3, -0.25) is 19.4 Å². The molecule has 2 aliphatic heterocycles. The van der Waals surface area contributed by atoms with E-state index in [9.17, 15) is 14.4 Å². The highest BCUT2D eigenvalue weighted by Crippen LogP contribution is 2.36. The van der Waals surface area contributed by atoms with E-state index in [1.54, 1.807) is 30.3 Å². The fraction of sp³-hybridized carbons (Fsp3) is 0.318. The number of fused-ring (bicyclic) bond motifs is 1. The lowest BCUT2D eigenvalue weighted by Gasteiger charge is -2.21. The van der Waals surface area contributed by atoms with Crippen LogP contribution in [0, 0.1) is 0 Å². The lowest BCUT2D eigenvalue weighted by Crippen LogP contribution is -2.43. The van der Waals surface area contributed by atoms with Gasteiger partial charge in [-0.1, -0.05) is 5.22 Å². The van der Waals surface area contributed by atoms with Crippen molar-refractivity contribution in [3.8, 4) is 23.0 Å². The third-order valence-corrected chi connectivity index (χ3v) is 5.47. The summed E-state index contributed by atoms with van der Waals surface area (Å²) in [7, 11) is 5.93. The van der Waals surface area contributed by atoms with Crippen molar-refractivity contribution in [1.82, 2.24) is 5.01 Å². The predicted molar refractivity (Wildman–Crippen MR) is 119 cm³/mol. The largest absolute Gasteiger partial charge is 0.497 e. The van der Waals surface area contributed by atoms with Crippen molar-refractivity contribution in [2.75, 3.05) is 45.2 Å². The van der Waals surface area contributed by atoms with Gasteiger partial charge in [0.05, 0.1) is 39.8 Å². The second-order valence-corrected chi connectivity index (χ2v) is 7.36. The number of nitrogens with one attached hydrogen (secondary N) is 1. The van der Waals surface area contributed by atoms with Crippen molar-refractivity contribution < 1.29 is 33.3 Å². The zero-order chi connectivity index (χ0) is 24.4. The summed E-state index contributed by atoms with van der Waals surface area (Å²) in [6.45, 7) is -0.293. The molecule has 178 valence electrons. The van der Waals surface area contributed by atoms with Crippen molar-refractivity contribution in [3.05, 3.63) is 36.4 Å². The van der Waals surface area contributed by atoms with Crippen LogP contribution >= 0.6 is 0 Å². The molecule has 2 aromatic carbocycles. The Hall–Kier alpha value is -4.35. The fourth-order valence-corrected chi connectivity index (χ4v) is 3.81. The molecule has 0 aliphatic carbocycles. The summed E-state index contributed by atoms with van der Waals surface area (Å²) in [5.74, 6) is 0.249. The van der Waals surface area contributed by atoms with Crippen LogP contribution in [0.3, 0.4) is 0 Å². The highest BCUT2D eigenvalue weighted by molar-refractivity contribution is 6.25. The summed E-state index contributed by atoms with van der Waals surface area (Å²) in [5, 5.41) is 11.8. The van der Waals surface area contributed by atoms with E-state index in [1.165, 1.54) is 39.5 Å². The number of ether oxygens (including phenoxy) is 4. The van der Waals surface area contributed by atoms with Crippen LogP contribution in [0.4, 0.5) is 11.4 Å². The van der Waals surface area contributed by atoms with Gasteiger partial charge >= 0.3 is 0 Å². The molecule has 1 saturated heterocycles. The molecule has 0 aromatic heterocycles. The van der Waals surface area contributed by atoms with Gasteiger partial charge in [-0.2, -0.15) is 5.11 Å². The van der Waals surface area contributed by atoms with Crippen molar-refractivity contribution in [2.45, 2.75) is 12.1 Å². The number of methoxy groups -OCH3 is 4. The zero-order valence-electron chi connectivity index (χ0n) is 19.0. The van der Waals surface area contributed by atoms with Gasteiger partial charge in [0.15, 0.2) is 23.6 Å². The first-order valence-electron chi connectivity index (χ1n) is 10.2. The number of hydrogen-bond donors (Lipinski definition) is 1. The maximum absolute atomic E-state index is 13.2. The van der Waals surface area contributed by atoms with Crippen LogP contribution in [0.15, 0.2) is 46.7 Å². The normalized spacial score (nSPS) is 18.7. The molecule has 12 heteroatoms. The number of imide groups is 1. The summed E-state index contributed by atoms with van der Waals surface area (Å²) in [5.41, 5.74) is 0.728. The average molecular weight is 469 g/mol. The molecule has 2 atom stereocenters. The minimum Gasteiger partial charge on any atom is -0.497 e. The predicted octanol–water partition coefficient (Wildman–Crippen LogP) is 1.65. The van der Waals surface area contributed by atoms with Crippen LogP contribution < -0.4 is 29.2 Å². The van der Waals surface area contributed by atoms with E-state index in [0.29, 0.717) is 34.4 Å². The fourth-order valence-electron chi connectivity index (χ4n) is 3.81. The van der Waals surface area contributed by atoms with Crippen molar-refractivity contribution in [2.24, 2.45) is 10.3 Å². The number of nitrogens with zero attached hydrogens (tertiary/aromatic N) is 4. The Morgan fingerprint density at radius 1 is 0.912 bits per heavy atom. The summed E-state index contributed by atoms with van der Waals surface area (Å²) in [4.78, 5) is 39.8. The third kappa shape index (κ3) is 3.93. The standard InChI is InChI=1S/C22H23N5O7/c1-31-13-6-7-14(16(10-13)33-3)23-18(28)11-26-20-19(24-25-26)21(29)27(22(20)30)12-5-8-15(32-2)17(9-12)34-4/h5-10,19-20H,11H2,1-4H3,(H,23,28). The molecule has 12 nitrogen and oxygen atoms in total. The average Bonchev–Trinajstić information content (AvgIpc) is 3.37. The number of benzene rings is 2. The van der Waals surface area contributed by atoms with Crippen LogP contribution in [0.1, 0.15) is 0 Å². The van der Waals surface area contributed by atoms with E-state index in [0.717, 1.165) is 4.90 Å². The maximum atomic E-state index is 13.2. The minimum absolute atomic E-state index is 0.293. The topological polar surface area (TPSA) is 131 Å². The van der Waals surface area contributed by atoms with E-state index >= 15 is 0 Å². The van der Waals surface area contributed by atoms with E-state index in [-0.39, 0.29) is 6.54 Å². The second kappa shape index (κ2) is 9.25. The molecule has 1 N–H and O–H groups in total. The smallest absolute Gasteiger partial charge is 0.263 e. The maximum Gasteiger partial charge on any atom is 0.263 e. The van der Waals surface area contributed by atoms with Crippen molar-refractivity contribution in [3.63, 3.8) is 0 Å². The molecule has 0 saturated carbocycles. The molecular formula is C22H23N5O7. The quantitative estimate of drug-likeness (QED) is 0.578. The van der Waals surface area contributed by atoms with Gasteiger partial charge in [0.1, 0.15) is 18.0 Å². The van der Waals surface area contributed by atoms with E-state index in [1.807, 2.05) is 0 Å². The van der Waals surface area contributed by atoms with Crippen LogP contribution in [0.2, 0.25) is 0 Å². The van der Waals surface area contributed by atoms with Crippen LogP contribution in [0.25, 0.3) is 0 Å². The molecule has 4 rings (SSSR count). The minimum atomic E-state index is -1.04. The summed E-state index contributed by atoms with van der Waals surface area (Å²) in [6.07, 6.45) is 0. The van der Waals surface area contributed by atoms with Gasteiger partial charge in [0.25, 0.3) is 11.8 Å². The number of rotatable bonds is 8. The summed E-state index contributed by atoms with van der Waals surface area (Å²) in [6, 6.07) is 7.56. The first kappa shape index (κ1) is 22.8. The third-order valence-electron chi connectivity index (χ3n) is 5.47. The zero-order valence-corrected chi connectivity index (χ0v) is 19.0. The second-order valence-electron chi connectivity index (χ2n) is 7.36. The van der Waals surface area contributed by atoms with Gasteiger partial charge in [-0.05, 0) is 24.3 Å². The van der Waals surface area contributed by atoms with Crippen LogP contribution in [-0.2, 0) is 14.4 Å². The molecular weight excluding hydrogens is 446 g/mol. The Labute approximate surface area is 195 Å². The number of hydrogen-bond acceptors (Lipinski definition) is 10. The van der Waals surface area contributed by atoms with Gasteiger partial charge in [-0.25, -0.2) is 4.90 Å². The lowest BCUT2D eigenvalue weighted by atomic mass is 10.1. The Bertz CT molecular complexity index is 1170. The monoisotopic (exact) mass is 469 g/mol. The van der Waals surface area contributed by atoms with Crippen LogP contribution in [-0.4, -0.2) is 69.8 Å². The number of carbonyl (C=O) groups is 3. The van der Waals surface area contributed by atoms with Crippen molar-refractivity contribution >= 4 is 29.1 Å². The van der Waals surface area contributed by atoms with E-state index in [2.05, 4.69) is 15.7 Å².